The molecule has 0 aliphatic heterocycles. The first-order chi connectivity index (χ1) is 6.11. The average Bonchev–Trinajstić information content (AvgIpc) is 2.05. The molecular weight excluding hydrogens is 164 g/mol. The first kappa shape index (κ1) is 12.0. The maximum atomic E-state index is 11.3. The zero-order valence-corrected chi connectivity index (χ0v) is 8.34. The van der Waals surface area contributed by atoms with Crippen molar-refractivity contribution < 1.29 is 4.79 Å². The fraction of sp³-hybridized carbons (Fsp3) is 0.700. The summed E-state index contributed by atoms with van der Waals surface area (Å²) < 4.78 is 0. The van der Waals surface area contributed by atoms with E-state index in [0.717, 1.165) is 6.42 Å². The van der Waals surface area contributed by atoms with E-state index in [0.29, 0.717) is 12.8 Å². The third-order valence-electron chi connectivity index (χ3n) is 1.75. The quantitative estimate of drug-likeness (QED) is 0.613. The van der Waals surface area contributed by atoms with Crippen LogP contribution in [0.25, 0.3) is 0 Å². The Bertz CT molecular complexity index is 196. The number of amides is 1. The monoisotopic (exact) mass is 182 g/mol. The molecule has 1 unspecified atom stereocenters. The molecule has 0 spiro atoms. The number of terminal acetylenes is 1. The van der Waals surface area contributed by atoms with Gasteiger partial charge in [0.25, 0.3) is 0 Å². The summed E-state index contributed by atoms with van der Waals surface area (Å²) in [6, 6.07) is -0.384. The van der Waals surface area contributed by atoms with Crippen LogP contribution >= 0.6 is 0 Å². The van der Waals surface area contributed by atoms with Crippen molar-refractivity contribution in [3.8, 4) is 12.3 Å². The fourth-order valence-corrected chi connectivity index (χ4v) is 1.02. The molecular formula is C10H18N2O. The molecule has 3 N–H and O–H groups in total. The van der Waals surface area contributed by atoms with Crippen molar-refractivity contribution in [1.29, 1.82) is 0 Å². The highest BCUT2D eigenvalue weighted by Gasteiger charge is 2.13. The van der Waals surface area contributed by atoms with E-state index in [-0.39, 0.29) is 11.9 Å². The van der Waals surface area contributed by atoms with Gasteiger partial charge in [-0.25, -0.2) is 0 Å². The van der Waals surface area contributed by atoms with Crippen LogP contribution in [0.2, 0.25) is 0 Å². The van der Waals surface area contributed by atoms with Gasteiger partial charge in [0, 0.05) is 12.5 Å². The van der Waals surface area contributed by atoms with Crippen LogP contribution in [0.15, 0.2) is 0 Å². The van der Waals surface area contributed by atoms with Crippen LogP contribution in [0.3, 0.4) is 0 Å². The minimum Gasteiger partial charge on any atom is -0.351 e. The van der Waals surface area contributed by atoms with E-state index in [1.54, 1.807) is 0 Å². The number of hydrogen-bond donors (Lipinski definition) is 2. The Hall–Kier alpha value is -1.01. The lowest BCUT2D eigenvalue weighted by Gasteiger charge is -2.15. The summed E-state index contributed by atoms with van der Waals surface area (Å²) in [4.78, 5) is 11.3. The molecule has 0 rings (SSSR count). The SMILES string of the molecule is C#CCC(C)NC(=O)[C@H](N)CCC. The molecule has 0 heterocycles. The van der Waals surface area contributed by atoms with E-state index in [9.17, 15) is 4.79 Å². The van der Waals surface area contributed by atoms with E-state index < -0.39 is 6.04 Å². The van der Waals surface area contributed by atoms with Gasteiger partial charge in [-0.1, -0.05) is 13.3 Å². The number of rotatable bonds is 5. The second-order valence-corrected chi connectivity index (χ2v) is 3.21. The molecule has 0 aromatic rings. The van der Waals surface area contributed by atoms with Crippen LogP contribution in [0, 0.1) is 12.3 Å². The standard InChI is InChI=1S/C10H18N2O/c1-4-6-8(3)12-10(13)9(11)7-5-2/h1,8-9H,5-7,11H2,2-3H3,(H,12,13)/t8?,9-/m1/s1. The zero-order chi connectivity index (χ0) is 10.3. The largest absolute Gasteiger partial charge is 0.351 e. The molecule has 0 radical (unpaired) electrons. The number of hydrogen-bond acceptors (Lipinski definition) is 2. The minimum atomic E-state index is -0.398. The van der Waals surface area contributed by atoms with Crippen molar-refractivity contribution in [2.45, 2.75) is 45.2 Å². The molecule has 0 saturated heterocycles. The molecule has 3 heteroatoms. The van der Waals surface area contributed by atoms with Gasteiger partial charge in [-0.3, -0.25) is 4.79 Å². The molecule has 0 aromatic heterocycles. The predicted molar refractivity (Wildman–Crippen MR) is 53.9 cm³/mol. The van der Waals surface area contributed by atoms with Gasteiger partial charge in [-0.2, -0.15) is 0 Å². The molecule has 2 atom stereocenters. The molecule has 3 nitrogen and oxygen atoms in total. The molecule has 13 heavy (non-hydrogen) atoms. The lowest BCUT2D eigenvalue weighted by molar-refractivity contribution is -0.123. The van der Waals surface area contributed by atoms with Gasteiger partial charge in [0.15, 0.2) is 0 Å². The number of carbonyl (C=O) groups excluding carboxylic acids is 1. The predicted octanol–water partition coefficient (Wildman–Crippen LogP) is 0.642. The van der Waals surface area contributed by atoms with E-state index in [2.05, 4.69) is 11.2 Å². The highest BCUT2D eigenvalue weighted by molar-refractivity contribution is 5.81. The lowest BCUT2D eigenvalue weighted by Crippen LogP contribution is -2.44. The summed E-state index contributed by atoms with van der Waals surface area (Å²) in [5.74, 6) is 2.38. The number of nitrogens with one attached hydrogen (secondary N) is 1. The van der Waals surface area contributed by atoms with Crippen LogP contribution in [-0.4, -0.2) is 18.0 Å². The molecule has 0 aliphatic carbocycles. The summed E-state index contributed by atoms with van der Waals surface area (Å²) in [5.41, 5.74) is 5.61. The Labute approximate surface area is 80.1 Å². The molecule has 74 valence electrons. The van der Waals surface area contributed by atoms with Crippen LogP contribution in [0.5, 0.6) is 0 Å². The fourth-order valence-electron chi connectivity index (χ4n) is 1.02. The van der Waals surface area contributed by atoms with Gasteiger partial charge >= 0.3 is 0 Å². The second-order valence-electron chi connectivity index (χ2n) is 3.21. The van der Waals surface area contributed by atoms with Gasteiger partial charge in [0.2, 0.25) is 5.91 Å². The van der Waals surface area contributed by atoms with Gasteiger partial charge in [-0.05, 0) is 13.3 Å². The minimum absolute atomic E-state index is 0.0143. The summed E-state index contributed by atoms with van der Waals surface area (Å²) in [7, 11) is 0. The first-order valence-electron chi connectivity index (χ1n) is 4.61. The van der Waals surface area contributed by atoms with Gasteiger partial charge < -0.3 is 11.1 Å². The van der Waals surface area contributed by atoms with E-state index in [1.165, 1.54) is 0 Å². The number of nitrogens with two attached hydrogens (primary N) is 1. The van der Waals surface area contributed by atoms with Crippen LogP contribution in [0.1, 0.15) is 33.1 Å². The van der Waals surface area contributed by atoms with Crippen molar-refractivity contribution in [2.24, 2.45) is 5.73 Å². The van der Waals surface area contributed by atoms with Crippen LogP contribution < -0.4 is 11.1 Å². The third kappa shape index (κ3) is 5.26. The Balaban J connectivity index is 3.79. The van der Waals surface area contributed by atoms with E-state index >= 15 is 0 Å². The van der Waals surface area contributed by atoms with E-state index in [1.807, 2.05) is 13.8 Å². The normalized spacial score (nSPS) is 14.3. The summed E-state index contributed by atoms with van der Waals surface area (Å²) in [5, 5.41) is 2.76. The summed E-state index contributed by atoms with van der Waals surface area (Å²) in [6.07, 6.45) is 7.29. The van der Waals surface area contributed by atoms with E-state index in [4.69, 9.17) is 12.2 Å². The molecule has 0 aliphatic rings. The van der Waals surface area contributed by atoms with Gasteiger partial charge in [0.05, 0.1) is 6.04 Å². The molecule has 0 fully saturated rings. The average molecular weight is 182 g/mol. The number of carbonyl (C=O) groups is 1. The molecule has 0 saturated carbocycles. The Morgan fingerprint density at radius 2 is 2.31 bits per heavy atom. The smallest absolute Gasteiger partial charge is 0.237 e. The van der Waals surface area contributed by atoms with Crippen molar-refractivity contribution in [3.05, 3.63) is 0 Å². The Kier molecular flexibility index (Phi) is 5.99. The Morgan fingerprint density at radius 1 is 1.69 bits per heavy atom. The highest BCUT2D eigenvalue weighted by Crippen LogP contribution is 1.95. The lowest BCUT2D eigenvalue weighted by atomic mass is 10.1. The maximum Gasteiger partial charge on any atom is 0.237 e. The van der Waals surface area contributed by atoms with Crippen molar-refractivity contribution in [2.75, 3.05) is 0 Å². The first-order valence-corrected chi connectivity index (χ1v) is 4.61. The molecule has 0 aromatic carbocycles. The zero-order valence-electron chi connectivity index (χ0n) is 8.34. The summed E-state index contributed by atoms with van der Waals surface area (Å²) in [6.45, 7) is 3.87. The van der Waals surface area contributed by atoms with Crippen molar-refractivity contribution >= 4 is 5.91 Å². The van der Waals surface area contributed by atoms with Crippen LogP contribution in [0.4, 0.5) is 0 Å². The maximum absolute atomic E-state index is 11.3. The summed E-state index contributed by atoms with van der Waals surface area (Å²) >= 11 is 0. The third-order valence-corrected chi connectivity index (χ3v) is 1.75. The Morgan fingerprint density at radius 3 is 2.77 bits per heavy atom. The van der Waals surface area contributed by atoms with Gasteiger partial charge in [0.1, 0.15) is 0 Å². The molecule has 0 bridgehead atoms. The van der Waals surface area contributed by atoms with Crippen LogP contribution in [-0.2, 0) is 4.79 Å². The van der Waals surface area contributed by atoms with Crippen molar-refractivity contribution in [3.63, 3.8) is 0 Å². The van der Waals surface area contributed by atoms with Gasteiger partial charge in [-0.15, -0.1) is 12.3 Å². The highest BCUT2D eigenvalue weighted by atomic mass is 16.2. The molecule has 1 amide bonds. The van der Waals surface area contributed by atoms with Crippen molar-refractivity contribution in [1.82, 2.24) is 5.32 Å². The second kappa shape index (κ2) is 6.50. The topological polar surface area (TPSA) is 55.1 Å².